The van der Waals surface area contributed by atoms with Gasteiger partial charge in [-0.2, -0.15) is 0 Å². The van der Waals surface area contributed by atoms with Crippen molar-refractivity contribution in [2.45, 2.75) is 8.69 Å². The van der Waals surface area contributed by atoms with Crippen molar-refractivity contribution in [3.8, 4) is 0 Å². The SMILES string of the molecule is O=[N+]([O-])c1ccc(SSn2nccn2)c(C(Cl)(Cl)Cl)c1. The van der Waals surface area contributed by atoms with E-state index in [1.165, 1.54) is 56.6 Å². The van der Waals surface area contributed by atoms with Crippen molar-refractivity contribution in [2.24, 2.45) is 0 Å². The number of nitro groups is 1. The summed E-state index contributed by atoms with van der Waals surface area (Å²) in [5.41, 5.74) is 0.0965. The molecule has 2 rings (SSSR count). The van der Waals surface area contributed by atoms with Crippen LogP contribution in [0.2, 0.25) is 0 Å². The topological polar surface area (TPSA) is 73.8 Å². The number of rotatable bonds is 4. The first-order valence-electron chi connectivity index (χ1n) is 4.95. The van der Waals surface area contributed by atoms with E-state index < -0.39 is 8.72 Å². The Morgan fingerprint density at radius 2 is 1.90 bits per heavy atom. The van der Waals surface area contributed by atoms with Gasteiger partial charge in [0, 0.05) is 22.6 Å². The molecular weight excluding hydrogens is 367 g/mol. The van der Waals surface area contributed by atoms with Gasteiger partial charge in [-0.05, 0) is 16.9 Å². The summed E-state index contributed by atoms with van der Waals surface area (Å²) in [6.07, 6.45) is 3.05. The normalized spacial score (nSPS) is 11.6. The Morgan fingerprint density at radius 3 is 2.45 bits per heavy atom. The summed E-state index contributed by atoms with van der Waals surface area (Å²) in [5, 5.41) is 18.6. The van der Waals surface area contributed by atoms with Crippen LogP contribution in [0.3, 0.4) is 0 Å². The molecule has 0 atom stereocenters. The molecule has 0 saturated carbocycles. The molecule has 106 valence electrons. The predicted octanol–water partition coefficient (Wildman–Crippen LogP) is 4.22. The second kappa shape index (κ2) is 6.40. The highest BCUT2D eigenvalue weighted by molar-refractivity contribution is 8.76. The number of nitro benzene ring substituents is 1. The van der Waals surface area contributed by atoms with Crippen LogP contribution in [0.5, 0.6) is 0 Å². The molecule has 6 nitrogen and oxygen atoms in total. The summed E-state index contributed by atoms with van der Waals surface area (Å²) in [6, 6.07) is 4.11. The van der Waals surface area contributed by atoms with E-state index in [-0.39, 0.29) is 11.3 Å². The lowest BCUT2D eigenvalue weighted by atomic mass is 10.2. The Morgan fingerprint density at radius 1 is 1.25 bits per heavy atom. The van der Waals surface area contributed by atoms with Crippen LogP contribution >= 0.6 is 56.6 Å². The smallest absolute Gasteiger partial charge is 0.258 e. The van der Waals surface area contributed by atoms with Crippen LogP contribution in [0.15, 0.2) is 35.5 Å². The van der Waals surface area contributed by atoms with Gasteiger partial charge in [0.2, 0.25) is 3.79 Å². The summed E-state index contributed by atoms with van der Waals surface area (Å²) in [4.78, 5) is 10.8. The maximum atomic E-state index is 10.8. The number of hydrogen-bond acceptors (Lipinski definition) is 6. The molecule has 11 heteroatoms. The van der Waals surface area contributed by atoms with Crippen LogP contribution in [0.25, 0.3) is 0 Å². The van der Waals surface area contributed by atoms with Gasteiger partial charge in [-0.3, -0.25) is 10.1 Å². The molecule has 0 aliphatic heterocycles. The molecule has 1 aromatic heterocycles. The lowest BCUT2D eigenvalue weighted by molar-refractivity contribution is -0.385. The Balaban J connectivity index is 2.29. The van der Waals surface area contributed by atoms with Gasteiger partial charge < -0.3 is 0 Å². The third-order valence-electron chi connectivity index (χ3n) is 2.07. The predicted molar refractivity (Wildman–Crippen MR) is 81.2 cm³/mol. The highest BCUT2D eigenvalue weighted by Crippen LogP contribution is 2.46. The van der Waals surface area contributed by atoms with E-state index >= 15 is 0 Å². The van der Waals surface area contributed by atoms with E-state index in [2.05, 4.69) is 10.2 Å². The monoisotopic (exact) mass is 370 g/mol. The van der Waals surface area contributed by atoms with Gasteiger partial charge in [0.15, 0.2) is 0 Å². The van der Waals surface area contributed by atoms with Gasteiger partial charge >= 0.3 is 0 Å². The number of alkyl halides is 3. The zero-order valence-electron chi connectivity index (χ0n) is 9.44. The minimum atomic E-state index is -1.76. The molecular formula is C9H5Cl3N4O2S2. The first-order chi connectivity index (χ1) is 9.38. The van der Waals surface area contributed by atoms with Crippen molar-refractivity contribution in [1.29, 1.82) is 0 Å². The van der Waals surface area contributed by atoms with Gasteiger partial charge in [-0.25, -0.2) is 0 Å². The van der Waals surface area contributed by atoms with E-state index in [4.69, 9.17) is 34.8 Å². The summed E-state index contributed by atoms with van der Waals surface area (Å²) in [5.74, 6) is 0. The van der Waals surface area contributed by atoms with E-state index in [1.807, 2.05) is 0 Å². The quantitative estimate of drug-likeness (QED) is 0.347. The summed E-state index contributed by atoms with van der Waals surface area (Å²) < 4.78 is -0.388. The fourth-order valence-corrected chi connectivity index (χ4v) is 3.74. The largest absolute Gasteiger partial charge is 0.269 e. The number of hydrogen-bond donors (Lipinski definition) is 0. The average Bonchev–Trinajstić information content (AvgIpc) is 2.88. The molecule has 0 bridgehead atoms. The van der Waals surface area contributed by atoms with Crippen LogP contribution in [-0.2, 0) is 3.79 Å². The second-order valence-electron chi connectivity index (χ2n) is 3.38. The summed E-state index contributed by atoms with van der Waals surface area (Å²) in [6.45, 7) is 0. The Kier molecular flexibility index (Phi) is 5.03. The fourth-order valence-electron chi connectivity index (χ4n) is 1.24. The van der Waals surface area contributed by atoms with Crippen LogP contribution in [-0.4, -0.2) is 19.3 Å². The van der Waals surface area contributed by atoms with E-state index in [9.17, 15) is 10.1 Å². The standard InChI is InChI=1S/C9H5Cl3N4O2S2/c10-9(11,12)7-5-6(15(17)18)1-2-8(7)19-20-16-13-3-4-14-16/h1-5H. The number of halogens is 3. The molecule has 20 heavy (non-hydrogen) atoms. The Labute approximate surface area is 136 Å². The number of benzene rings is 1. The zero-order valence-corrected chi connectivity index (χ0v) is 13.3. The van der Waals surface area contributed by atoms with Gasteiger partial charge in [-0.1, -0.05) is 34.8 Å². The lowest BCUT2D eigenvalue weighted by Crippen LogP contribution is -2.03. The molecule has 0 N–H and O–H groups in total. The molecule has 0 fully saturated rings. The van der Waals surface area contributed by atoms with Crippen LogP contribution < -0.4 is 0 Å². The highest BCUT2D eigenvalue weighted by Gasteiger charge is 2.29. The zero-order chi connectivity index (χ0) is 14.8. The maximum Gasteiger partial charge on any atom is 0.269 e. The maximum absolute atomic E-state index is 10.8. The van der Waals surface area contributed by atoms with Crippen molar-refractivity contribution in [3.05, 3.63) is 46.3 Å². The molecule has 0 unspecified atom stereocenters. The number of aromatic nitrogens is 3. The van der Waals surface area contributed by atoms with Crippen LogP contribution in [0, 0.1) is 10.1 Å². The fraction of sp³-hybridized carbons (Fsp3) is 0.111. The first-order valence-corrected chi connectivity index (χ1v) is 8.19. The second-order valence-corrected chi connectivity index (χ2v) is 7.69. The average molecular weight is 372 g/mol. The molecule has 1 aromatic carbocycles. The van der Waals surface area contributed by atoms with E-state index in [0.29, 0.717) is 4.90 Å². The Hall–Kier alpha value is -0.670. The summed E-state index contributed by atoms with van der Waals surface area (Å²) >= 11 is 17.5. The van der Waals surface area contributed by atoms with Crippen LogP contribution in [0.4, 0.5) is 5.69 Å². The molecule has 0 aliphatic carbocycles. The third-order valence-corrected chi connectivity index (χ3v) is 4.78. The lowest BCUT2D eigenvalue weighted by Gasteiger charge is -2.15. The Bertz CT molecular complexity index is 618. The third kappa shape index (κ3) is 3.92. The first kappa shape index (κ1) is 15.7. The molecule has 1 heterocycles. The molecule has 0 spiro atoms. The van der Waals surface area contributed by atoms with Gasteiger partial charge in [-0.15, -0.1) is 14.4 Å². The number of non-ortho nitro benzene ring substituents is 1. The van der Waals surface area contributed by atoms with Gasteiger partial charge in [0.25, 0.3) is 5.69 Å². The molecule has 0 aliphatic rings. The van der Waals surface area contributed by atoms with Gasteiger partial charge in [0.1, 0.15) is 0 Å². The van der Waals surface area contributed by atoms with E-state index in [1.54, 1.807) is 0 Å². The molecule has 0 saturated heterocycles. The van der Waals surface area contributed by atoms with Crippen molar-refractivity contribution in [2.75, 3.05) is 0 Å². The highest BCUT2D eigenvalue weighted by atomic mass is 35.6. The van der Waals surface area contributed by atoms with Crippen molar-refractivity contribution >= 4 is 62.3 Å². The minimum absolute atomic E-state index is 0.141. The van der Waals surface area contributed by atoms with Gasteiger partial charge in [0.05, 0.1) is 28.3 Å². The minimum Gasteiger partial charge on any atom is -0.258 e. The van der Waals surface area contributed by atoms with Crippen molar-refractivity contribution in [3.63, 3.8) is 0 Å². The van der Waals surface area contributed by atoms with Crippen LogP contribution in [0.1, 0.15) is 5.56 Å². The molecule has 2 aromatic rings. The van der Waals surface area contributed by atoms with Crippen molar-refractivity contribution in [1.82, 2.24) is 14.4 Å². The van der Waals surface area contributed by atoms with Crippen molar-refractivity contribution < 1.29 is 4.92 Å². The summed E-state index contributed by atoms with van der Waals surface area (Å²) in [7, 11) is 2.42. The number of nitrogens with zero attached hydrogens (tertiary/aromatic N) is 4. The molecule has 0 radical (unpaired) electrons. The molecule has 0 amide bonds. The van der Waals surface area contributed by atoms with E-state index in [0.717, 1.165) is 0 Å².